The Bertz CT molecular complexity index is 404. The van der Waals surface area contributed by atoms with Gasteiger partial charge >= 0.3 is 0 Å². The Balaban J connectivity index is 1.81. The summed E-state index contributed by atoms with van der Waals surface area (Å²) in [5.74, 6) is 0. The fraction of sp³-hybridized carbons (Fsp3) is 0.600. The molecule has 0 bridgehead atoms. The van der Waals surface area contributed by atoms with Crippen molar-refractivity contribution in [3.8, 4) is 6.07 Å². The molecule has 0 saturated carbocycles. The zero-order valence-corrected chi connectivity index (χ0v) is 11.6. The van der Waals surface area contributed by atoms with Crippen molar-refractivity contribution < 1.29 is 0 Å². The first-order valence-corrected chi connectivity index (χ1v) is 7.08. The molecule has 0 aromatic carbocycles. The van der Waals surface area contributed by atoms with Crippen molar-refractivity contribution in [1.82, 2.24) is 14.8 Å². The van der Waals surface area contributed by atoms with Crippen LogP contribution in [0.2, 0.25) is 0 Å². The lowest BCUT2D eigenvalue weighted by molar-refractivity contribution is 0.106. The first-order valence-electron chi connectivity index (χ1n) is 7.08. The van der Waals surface area contributed by atoms with Crippen LogP contribution in [-0.2, 0) is 6.54 Å². The number of aromatic nitrogens is 1. The lowest BCUT2D eigenvalue weighted by atomic mass is 10.1. The van der Waals surface area contributed by atoms with Gasteiger partial charge in [-0.05, 0) is 18.1 Å². The zero-order chi connectivity index (χ0) is 13.5. The molecule has 2 rings (SSSR count). The van der Waals surface area contributed by atoms with Gasteiger partial charge in [-0.2, -0.15) is 5.26 Å². The van der Waals surface area contributed by atoms with Crippen molar-refractivity contribution in [2.24, 2.45) is 0 Å². The van der Waals surface area contributed by atoms with E-state index in [2.05, 4.69) is 33.8 Å². The monoisotopic (exact) mass is 258 g/mol. The van der Waals surface area contributed by atoms with E-state index >= 15 is 0 Å². The van der Waals surface area contributed by atoms with Gasteiger partial charge < -0.3 is 0 Å². The van der Waals surface area contributed by atoms with Crippen LogP contribution >= 0.6 is 0 Å². The van der Waals surface area contributed by atoms with E-state index in [0.29, 0.717) is 0 Å². The summed E-state index contributed by atoms with van der Waals surface area (Å²) in [5.41, 5.74) is 1.27. The van der Waals surface area contributed by atoms with Crippen molar-refractivity contribution in [1.29, 1.82) is 5.26 Å². The van der Waals surface area contributed by atoms with Crippen molar-refractivity contribution in [3.63, 3.8) is 0 Å². The normalized spacial score (nSPS) is 18.9. The number of rotatable bonds is 5. The molecule has 1 saturated heterocycles. The predicted molar refractivity (Wildman–Crippen MR) is 75.4 cm³/mol. The average Bonchev–Trinajstić information content (AvgIpc) is 2.47. The standard InChI is InChI=1S/C15H22N4/c1-2-4-15(11-16)19-9-7-18(8-10-19)13-14-5-3-6-17-12-14/h3,5-6,12,15H,2,4,7-10,13H2,1H3. The van der Waals surface area contributed by atoms with E-state index in [1.807, 2.05) is 18.5 Å². The molecule has 4 heteroatoms. The molecule has 1 aliphatic rings. The van der Waals surface area contributed by atoms with Gasteiger partial charge in [0.15, 0.2) is 0 Å². The second-order valence-corrected chi connectivity index (χ2v) is 5.11. The quantitative estimate of drug-likeness (QED) is 0.809. The lowest BCUT2D eigenvalue weighted by Crippen LogP contribution is -2.49. The van der Waals surface area contributed by atoms with Gasteiger partial charge in [0.25, 0.3) is 0 Å². The number of piperazine rings is 1. The van der Waals surface area contributed by atoms with Crippen LogP contribution in [0.4, 0.5) is 0 Å². The molecule has 0 N–H and O–H groups in total. The fourth-order valence-corrected chi connectivity index (χ4v) is 2.59. The van der Waals surface area contributed by atoms with E-state index in [-0.39, 0.29) is 6.04 Å². The van der Waals surface area contributed by atoms with Crippen molar-refractivity contribution >= 4 is 0 Å². The third-order valence-electron chi connectivity index (χ3n) is 3.69. The minimum Gasteiger partial charge on any atom is -0.296 e. The summed E-state index contributed by atoms with van der Waals surface area (Å²) in [4.78, 5) is 8.91. The van der Waals surface area contributed by atoms with Crippen molar-refractivity contribution in [3.05, 3.63) is 30.1 Å². The van der Waals surface area contributed by atoms with Gasteiger partial charge in [0, 0.05) is 45.1 Å². The molecule has 1 fully saturated rings. The number of hydrogen-bond acceptors (Lipinski definition) is 4. The molecule has 0 radical (unpaired) electrons. The molecule has 1 atom stereocenters. The van der Waals surface area contributed by atoms with Gasteiger partial charge in [0.05, 0.1) is 12.1 Å². The summed E-state index contributed by atoms with van der Waals surface area (Å²) in [6.07, 6.45) is 5.80. The van der Waals surface area contributed by atoms with Crippen LogP contribution in [0, 0.1) is 11.3 Å². The Morgan fingerprint density at radius 3 is 2.74 bits per heavy atom. The van der Waals surface area contributed by atoms with E-state index in [9.17, 15) is 5.26 Å². The highest BCUT2D eigenvalue weighted by Gasteiger charge is 2.22. The number of nitriles is 1. The van der Waals surface area contributed by atoms with Crippen LogP contribution in [-0.4, -0.2) is 47.0 Å². The van der Waals surface area contributed by atoms with E-state index in [0.717, 1.165) is 45.6 Å². The van der Waals surface area contributed by atoms with Crippen LogP contribution in [0.1, 0.15) is 25.3 Å². The number of nitrogens with zero attached hydrogens (tertiary/aromatic N) is 4. The van der Waals surface area contributed by atoms with Crippen LogP contribution in [0.15, 0.2) is 24.5 Å². The second kappa shape index (κ2) is 7.22. The van der Waals surface area contributed by atoms with E-state index in [1.54, 1.807) is 0 Å². The summed E-state index contributed by atoms with van der Waals surface area (Å²) in [6.45, 7) is 7.18. The van der Waals surface area contributed by atoms with Gasteiger partial charge in [0.1, 0.15) is 0 Å². The largest absolute Gasteiger partial charge is 0.296 e. The molecule has 1 aromatic rings. The summed E-state index contributed by atoms with van der Waals surface area (Å²) >= 11 is 0. The van der Waals surface area contributed by atoms with Crippen LogP contribution in [0.25, 0.3) is 0 Å². The predicted octanol–water partition coefficient (Wildman–Crippen LogP) is 1.89. The highest BCUT2D eigenvalue weighted by atomic mass is 15.3. The van der Waals surface area contributed by atoms with E-state index in [4.69, 9.17) is 0 Å². The van der Waals surface area contributed by atoms with Gasteiger partial charge in [-0.3, -0.25) is 14.8 Å². The third-order valence-corrected chi connectivity index (χ3v) is 3.69. The molecule has 0 amide bonds. The number of pyridine rings is 1. The first kappa shape index (κ1) is 14.0. The second-order valence-electron chi connectivity index (χ2n) is 5.11. The first-order chi connectivity index (χ1) is 9.33. The Morgan fingerprint density at radius 1 is 1.37 bits per heavy atom. The molecule has 102 valence electrons. The zero-order valence-electron chi connectivity index (χ0n) is 11.6. The third kappa shape index (κ3) is 4.02. The molecule has 1 aliphatic heterocycles. The summed E-state index contributed by atoms with van der Waals surface area (Å²) in [7, 11) is 0. The lowest BCUT2D eigenvalue weighted by Gasteiger charge is -2.36. The Hall–Kier alpha value is -1.44. The molecular formula is C15H22N4. The summed E-state index contributed by atoms with van der Waals surface area (Å²) < 4.78 is 0. The van der Waals surface area contributed by atoms with Gasteiger partial charge in [-0.15, -0.1) is 0 Å². The van der Waals surface area contributed by atoms with Gasteiger partial charge in [-0.1, -0.05) is 19.4 Å². The maximum atomic E-state index is 9.20. The summed E-state index contributed by atoms with van der Waals surface area (Å²) in [5, 5.41) is 9.20. The van der Waals surface area contributed by atoms with Crippen LogP contribution in [0.5, 0.6) is 0 Å². The summed E-state index contributed by atoms with van der Waals surface area (Å²) in [6, 6.07) is 6.64. The van der Waals surface area contributed by atoms with Crippen molar-refractivity contribution in [2.45, 2.75) is 32.4 Å². The Morgan fingerprint density at radius 2 is 2.16 bits per heavy atom. The minimum atomic E-state index is 0.102. The van der Waals surface area contributed by atoms with Crippen LogP contribution in [0.3, 0.4) is 0 Å². The Labute approximate surface area is 115 Å². The highest BCUT2D eigenvalue weighted by Crippen LogP contribution is 2.12. The molecule has 1 aromatic heterocycles. The van der Waals surface area contributed by atoms with Gasteiger partial charge in [-0.25, -0.2) is 0 Å². The van der Waals surface area contributed by atoms with Gasteiger partial charge in [0.2, 0.25) is 0 Å². The maximum absolute atomic E-state index is 9.20. The van der Waals surface area contributed by atoms with Crippen molar-refractivity contribution in [2.75, 3.05) is 26.2 Å². The SMILES string of the molecule is CCCC(C#N)N1CCN(Cc2cccnc2)CC1. The molecule has 4 nitrogen and oxygen atoms in total. The molecular weight excluding hydrogens is 236 g/mol. The molecule has 19 heavy (non-hydrogen) atoms. The molecule has 1 unspecified atom stereocenters. The number of hydrogen-bond donors (Lipinski definition) is 0. The highest BCUT2D eigenvalue weighted by molar-refractivity contribution is 5.08. The molecule has 0 spiro atoms. The molecule has 0 aliphatic carbocycles. The molecule has 2 heterocycles. The van der Waals surface area contributed by atoms with E-state index < -0.39 is 0 Å². The minimum absolute atomic E-state index is 0.102. The average molecular weight is 258 g/mol. The maximum Gasteiger partial charge on any atom is 0.0978 e. The van der Waals surface area contributed by atoms with E-state index in [1.165, 1.54) is 5.56 Å². The fourth-order valence-electron chi connectivity index (χ4n) is 2.59. The topological polar surface area (TPSA) is 43.2 Å². The van der Waals surface area contributed by atoms with Crippen LogP contribution < -0.4 is 0 Å². The Kier molecular flexibility index (Phi) is 5.31. The smallest absolute Gasteiger partial charge is 0.0978 e.